The lowest BCUT2D eigenvalue weighted by molar-refractivity contribution is -0.111. The summed E-state index contributed by atoms with van der Waals surface area (Å²) in [5.41, 5.74) is 1.88. The molecule has 1 heterocycles. The summed E-state index contributed by atoms with van der Waals surface area (Å²) < 4.78 is 15.3. The van der Waals surface area contributed by atoms with Crippen LogP contribution < -0.4 is 14.8 Å². The molecule has 0 spiro atoms. The van der Waals surface area contributed by atoms with Crippen molar-refractivity contribution in [2.24, 2.45) is 0 Å². The van der Waals surface area contributed by atoms with Gasteiger partial charge in [0.25, 0.3) is 0 Å². The van der Waals surface area contributed by atoms with Crippen molar-refractivity contribution in [1.29, 1.82) is 0 Å². The lowest BCUT2D eigenvalue weighted by Crippen LogP contribution is -2.09. The minimum Gasteiger partial charge on any atom is -0.493 e. The Hall–Kier alpha value is -3.32. The number of hydrogen-bond donors (Lipinski definition) is 1. The van der Waals surface area contributed by atoms with Crippen LogP contribution in [0.2, 0.25) is 5.02 Å². The Morgan fingerprint density at radius 2 is 1.81 bits per heavy atom. The Labute approximate surface area is 160 Å². The summed E-state index contributed by atoms with van der Waals surface area (Å²) in [6.45, 7) is 0. The zero-order valence-electron chi connectivity index (χ0n) is 14.6. The fraction of sp³-hybridized carbons (Fsp3) is 0.105. The number of aromatic nitrogens is 2. The van der Waals surface area contributed by atoms with Gasteiger partial charge in [0.05, 0.1) is 14.2 Å². The van der Waals surface area contributed by atoms with Gasteiger partial charge in [-0.15, -0.1) is 0 Å². The van der Waals surface area contributed by atoms with Crippen molar-refractivity contribution in [3.63, 3.8) is 0 Å². The van der Waals surface area contributed by atoms with E-state index >= 15 is 0 Å². The highest BCUT2D eigenvalue weighted by atomic mass is 35.5. The van der Waals surface area contributed by atoms with Crippen LogP contribution >= 0.6 is 11.6 Å². The topological polar surface area (TPSA) is 86.5 Å². The number of halogens is 1. The fourth-order valence-electron chi connectivity index (χ4n) is 2.35. The maximum absolute atomic E-state index is 12.2. The molecule has 1 amide bonds. The average Bonchev–Trinajstić information content (AvgIpc) is 3.15. The number of nitrogens with zero attached hydrogens (tertiary/aromatic N) is 2. The smallest absolute Gasteiger partial charge is 0.249 e. The molecule has 0 aliphatic heterocycles. The third-order valence-electron chi connectivity index (χ3n) is 3.68. The molecule has 0 atom stereocenters. The predicted molar refractivity (Wildman–Crippen MR) is 102 cm³/mol. The molecule has 0 aliphatic rings. The van der Waals surface area contributed by atoms with Crippen LogP contribution in [0.3, 0.4) is 0 Å². The Balaban J connectivity index is 1.77. The van der Waals surface area contributed by atoms with E-state index in [1.165, 1.54) is 13.2 Å². The van der Waals surface area contributed by atoms with Crippen LogP contribution in [0, 0.1) is 0 Å². The van der Waals surface area contributed by atoms with Gasteiger partial charge in [0.1, 0.15) is 0 Å². The lowest BCUT2D eigenvalue weighted by Gasteiger charge is -2.08. The van der Waals surface area contributed by atoms with Gasteiger partial charge in [-0.25, -0.2) is 4.63 Å². The molecule has 0 saturated heterocycles. The van der Waals surface area contributed by atoms with E-state index in [9.17, 15) is 4.79 Å². The quantitative estimate of drug-likeness (QED) is 0.644. The van der Waals surface area contributed by atoms with Crippen molar-refractivity contribution >= 4 is 29.4 Å². The van der Waals surface area contributed by atoms with E-state index in [-0.39, 0.29) is 11.7 Å². The first kappa shape index (κ1) is 18.5. The van der Waals surface area contributed by atoms with Gasteiger partial charge in [0.2, 0.25) is 11.7 Å². The molecule has 3 aromatic rings. The van der Waals surface area contributed by atoms with Crippen LogP contribution in [0.15, 0.2) is 53.2 Å². The Morgan fingerprint density at radius 3 is 2.52 bits per heavy atom. The number of carbonyl (C=O) groups is 1. The number of carbonyl (C=O) groups excluding carboxylic acids is 1. The van der Waals surface area contributed by atoms with Gasteiger partial charge in [-0.3, -0.25) is 4.79 Å². The average molecular weight is 386 g/mol. The summed E-state index contributed by atoms with van der Waals surface area (Å²) in [6, 6.07) is 12.3. The molecule has 1 N–H and O–H groups in total. The van der Waals surface area contributed by atoms with E-state index in [4.69, 9.17) is 25.7 Å². The molecule has 3 rings (SSSR count). The fourth-order valence-corrected chi connectivity index (χ4v) is 2.47. The largest absolute Gasteiger partial charge is 0.493 e. The normalized spacial score (nSPS) is 10.8. The molecule has 0 aliphatic carbocycles. The van der Waals surface area contributed by atoms with Crippen molar-refractivity contribution < 1.29 is 18.9 Å². The van der Waals surface area contributed by atoms with Gasteiger partial charge in [-0.2, -0.15) is 0 Å². The first-order valence-corrected chi connectivity index (χ1v) is 8.28. The Bertz CT molecular complexity index is 967. The van der Waals surface area contributed by atoms with Crippen molar-refractivity contribution in [3.8, 4) is 22.8 Å². The van der Waals surface area contributed by atoms with E-state index in [1.807, 2.05) is 0 Å². The standard InChI is InChI=1S/C19H16ClN3O4/c1-25-15-9-6-13(11-16(15)26-2)18-19(23-27-22-18)21-17(24)10-5-12-3-7-14(20)8-4-12/h3-11H,1-2H3,(H,21,23,24). The minimum atomic E-state index is -0.373. The van der Waals surface area contributed by atoms with Crippen LogP contribution in [-0.4, -0.2) is 30.4 Å². The number of rotatable bonds is 6. The summed E-state index contributed by atoms with van der Waals surface area (Å²) in [5, 5.41) is 10.9. The second-order valence-corrected chi connectivity index (χ2v) is 5.84. The summed E-state index contributed by atoms with van der Waals surface area (Å²) in [6.07, 6.45) is 3.05. The first-order chi connectivity index (χ1) is 13.1. The molecule has 7 nitrogen and oxygen atoms in total. The molecule has 0 unspecified atom stereocenters. The summed E-state index contributed by atoms with van der Waals surface area (Å²) in [7, 11) is 3.08. The van der Waals surface area contributed by atoms with Crippen molar-refractivity contribution in [2.45, 2.75) is 0 Å². The van der Waals surface area contributed by atoms with Crippen molar-refractivity contribution in [1.82, 2.24) is 10.3 Å². The van der Waals surface area contributed by atoms with Gasteiger partial charge in [0, 0.05) is 16.7 Å². The Kier molecular flexibility index (Phi) is 5.73. The summed E-state index contributed by atoms with van der Waals surface area (Å²) in [5.74, 6) is 0.933. The second kappa shape index (κ2) is 8.37. The molecule has 0 radical (unpaired) electrons. The van der Waals surface area contributed by atoms with Crippen molar-refractivity contribution in [3.05, 3.63) is 59.1 Å². The van der Waals surface area contributed by atoms with Crippen LogP contribution in [0.25, 0.3) is 17.3 Å². The third-order valence-corrected chi connectivity index (χ3v) is 3.94. The van der Waals surface area contributed by atoms with Crippen LogP contribution in [0.4, 0.5) is 5.82 Å². The number of hydrogen-bond acceptors (Lipinski definition) is 6. The number of benzene rings is 2. The highest BCUT2D eigenvalue weighted by molar-refractivity contribution is 6.30. The summed E-state index contributed by atoms with van der Waals surface area (Å²) in [4.78, 5) is 12.2. The summed E-state index contributed by atoms with van der Waals surface area (Å²) >= 11 is 5.84. The maximum atomic E-state index is 12.2. The van der Waals surface area contributed by atoms with E-state index in [2.05, 4.69) is 15.6 Å². The van der Waals surface area contributed by atoms with Crippen LogP contribution in [0.1, 0.15) is 5.56 Å². The lowest BCUT2D eigenvalue weighted by atomic mass is 10.1. The third kappa shape index (κ3) is 4.45. The monoisotopic (exact) mass is 385 g/mol. The van der Waals surface area contributed by atoms with E-state index in [1.54, 1.807) is 55.7 Å². The molecule has 0 fully saturated rings. The number of nitrogens with one attached hydrogen (secondary N) is 1. The van der Waals surface area contributed by atoms with Gasteiger partial charge in [-0.05, 0) is 52.3 Å². The molecule has 2 aromatic carbocycles. The molecule has 8 heteroatoms. The zero-order valence-corrected chi connectivity index (χ0v) is 15.4. The SMILES string of the molecule is COc1ccc(-c2nonc2NC(=O)C=Cc2ccc(Cl)cc2)cc1OC. The molecule has 0 bridgehead atoms. The van der Waals surface area contributed by atoms with Gasteiger partial charge < -0.3 is 14.8 Å². The van der Waals surface area contributed by atoms with E-state index in [0.29, 0.717) is 27.8 Å². The number of amides is 1. The highest BCUT2D eigenvalue weighted by Crippen LogP contribution is 2.33. The van der Waals surface area contributed by atoms with Crippen LogP contribution in [0.5, 0.6) is 11.5 Å². The predicted octanol–water partition coefficient (Wildman–Crippen LogP) is 4.06. The molecule has 1 aromatic heterocycles. The van der Waals surface area contributed by atoms with E-state index in [0.717, 1.165) is 5.56 Å². The van der Waals surface area contributed by atoms with Crippen LogP contribution in [-0.2, 0) is 4.79 Å². The maximum Gasteiger partial charge on any atom is 0.249 e. The Morgan fingerprint density at radius 1 is 1.07 bits per heavy atom. The number of methoxy groups -OCH3 is 2. The highest BCUT2D eigenvalue weighted by Gasteiger charge is 2.16. The first-order valence-electron chi connectivity index (χ1n) is 7.90. The minimum absolute atomic E-state index is 0.202. The number of anilines is 1. The molecule has 138 valence electrons. The van der Waals surface area contributed by atoms with Gasteiger partial charge in [0.15, 0.2) is 17.2 Å². The molecule has 27 heavy (non-hydrogen) atoms. The number of ether oxygens (including phenoxy) is 2. The van der Waals surface area contributed by atoms with Gasteiger partial charge >= 0.3 is 0 Å². The van der Waals surface area contributed by atoms with E-state index < -0.39 is 0 Å². The molecule has 0 saturated carbocycles. The second-order valence-electron chi connectivity index (χ2n) is 5.41. The molecular formula is C19H16ClN3O4. The zero-order chi connectivity index (χ0) is 19.2. The van der Waals surface area contributed by atoms with Gasteiger partial charge in [-0.1, -0.05) is 23.7 Å². The van der Waals surface area contributed by atoms with Crippen molar-refractivity contribution in [2.75, 3.05) is 19.5 Å². The molecular weight excluding hydrogens is 370 g/mol.